The van der Waals surface area contributed by atoms with Gasteiger partial charge >= 0.3 is 0 Å². The van der Waals surface area contributed by atoms with Crippen LogP contribution in [0.3, 0.4) is 0 Å². The predicted molar refractivity (Wildman–Crippen MR) is 125 cm³/mol. The summed E-state index contributed by atoms with van der Waals surface area (Å²) < 4.78 is 25.2. The Kier molecular flexibility index (Phi) is 5.43. The molecule has 0 aliphatic carbocycles. The Morgan fingerprint density at radius 2 is 1.50 bits per heavy atom. The molecule has 1 amide bonds. The van der Waals surface area contributed by atoms with Crippen molar-refractivity contribution in [1.82, 2.24) is 14.4 Å². The molecule has 32 heavy (non-hydrogen) atoms. The molecule has 0 fully saturated rings. The SMILES string of the molecule is CN(C)c1ccc(-c2cnc3cnc(C(=O)N(C)c4ccc(S(C)(=O)=O)cc4)cn23)cc1. The molecule has 0 saturated carbocycles. The van der Waals surface area contributed by atoms with Gasteiger partial charge in [-0.1, -0.05) is 12.1 Å². The molecule has 0 bridgehead atoms. The van der Waals surface area contributed by atoms with Gasteiger partial charge in [0.15, 0.2) is 15.5 Å². The largest absolute Gasteiger partial charge is 0.378 e. The zero-order chi connectivity index (χ0) is 23.0. The number of rotatable bonds is 5. The van der Waals surface area contributed by atoms with E-state index in [4.69, 9.17) is 0 Å². The van der Waals surface area contributed by atoms with E-state index in [0.29, 0.717) is 11.3 Å². The minimum Gasteiger partial charge on any atom is -0.378 e. The highest BCUT2D eigenvalue weighted by Crippen LogP contribution is 2.24. The molecule has 0 spiro atoms. The first-order valence-electron chi connectivity index (χ1n) is 9.84. The average Bonchev–Trinajstić information content (AvgIpc) is 3.21. The van der Waals surface area contributed by atoms with Gasteiger partial charge in [-0.2, -0.15) is 0 Å². The summed E-state index contributed by atoms with van der Waals surface area (Å²) in [7, 11) is 2.29. The summed E-state index contributed by atoms with van der Waals surface area (Å²) in [6.07, 6.45) is 6.13. The van der Waals surface area contributed by atoms with Crippen LogP contribution in [0.4, 0.5) is 11.4 Å². The number of sulfone groups is 1. The van der Waals surface area contributed by atoms with Crippen molar-refractivity contribution >= 4 is 32.8 Å². The number of nitrogens with zero attached hydrogens (tertiary/aromatic N) is 5. The Hall–Kier alpha value is -3.72. The van der Waals surface area contributed by atoms with Crippen molar-refractivity contribution in [2.45, 2.75) is 4.90 Å². The summed E-state index contributed by atoms with van der Waals surface area (Å²) >= 11 is 0. The fourth-order valence-electron chi connectivity index (χ4n) is 3.35. The van der Waals surface area contributed by atoms with Crippen molar-refractivity contribution in [2.24, 2.45) is 0 Å². The smallest absolute Gasteiger partial charge is 0.278 e. The lowest BCUT2D eigenvalue weighted by atomic mass is 10.1. The van der Waals surface area contributed by atoms with Crippen LogP contribution in [0.5, 0.6) is 0 Å². The lowest BCUT2D eigenvalue weighted by Crippen LogP contribution is -2.27. The second kappa shape index (κ2) is 8.08. The molecule has 2 aromatic carbocycles. The van der Waals surface area contributed by atoms with Crippen LogP contribution in [0, 0.1) is 0 Å². The lowest BCUT2D eigenvalue weighted by Gasteiger charge is -2.17. The molecule has 2 aromatic heterocycles. The number of anilines is 2. The van der Waals surface area contributed by atoms with Crippen LogP contribution in [0.1, 0.15) is 10.5 Å². The molecule has 164 valence electrons. The van der Waals surface area contributed by atoms with Gasteiger partial charge in [-0.3, -0.25) is 9.20 Å². The third-order valence-corrected chi connectivity index (χ3v) is 6.38. The van der Waals surface area contributed by atoms with Crippen molar-refractivity contribution in [3.8, 4) is 11.3 Å². The highest BCUT2D eigenvalue weighted by molar-refractivity contribution is 7.90. The predicted octanol–water partition coefficient (Wildman–Crippen LogP) is 3.14. The highest BCUT2D eigenvalue weighted by Gasteiger charge is 2.18. The molecular formula is C23H23N5O3S. The molecule has 8 nitrogen and oxygen atoms in total. The third kappa shape index (κ3) is 4.06. The molecule has 0 aliphatic heterocycles. The van der Waals surface area contributed by atoms with Gasteiger partial charge in [0, 0.05) is 50.5 Å². The number of hydrogen-bond donors (Lipinski definition) is 0. The molecule has 0 saturated heterocycles. The van der Waals surface area contributed by atoms with Crippen molar-refractivity contribution in [3.05, 3.63) is 72.8 Å². The summed E-state index contributed by atoms with van der Waals surface area (Å²) in [6.45, 7) is 0. The van der Waals surface area contributed by atoms with Gasteiger partial charge in [-0.05, 0) is 36.4 Å². The van der Waals surface area contributed by atoms with Crippen LogP contribution in [0.15, 0.2) is 72.0 Å². The van der Waals surface area contributed by atoms with E-state index >= 15 is 0 Å². The third-order valence-electron chi connectivity index (χ3n) is 5.25. The molecular weight excluding hydrogens is 426 g/mol. The van der Waals surface area contributed by atoms with Crippen LogP contribution in [-0.2, 0) is 9.84 Å². The Labute approximate surface area is 186 Å². The number of imidazole rings is 1. The van der Waals surface area contributed by atoms with Crippen molar-refractivity contribution in [3.63, 3.8) is 0 Å². The van der Waals surface area contributed by atoms with Gasteiger partial charge in [-0.25, -0.2) is 18.4 Å². The van der Waals surface area contributed by atoms with E-state index in [0.717, 1.165) is 23.2 Å². The van der Waals surface area contributed by atoms with Gasteiger partial charge in [0.1, 0.15) is 5.69 Å². The van der Waals surface area contributed by atoms with E-state index in [9.17, 15) is 13.2 Å². The van der Waals surface area contributed by atoms with Crippen LogP contribution in [0.25, 0.3) is 16.9 Å². The van der Waals surface area contributed by atoms with Gasteiger partial charge in [-0.15, -0.1) is 0 Å². The van der Waals surface area contributed by atoms with Gasteiger partial charge < -0.3 is 9.80 Å². The molecule has 0 N–H and O–H groups in total. The second-order valence-corrected chi connectivity index (χ2v) is 9.73. The van der Waals surface area contributed by atoms with Crippen molar-refractivity contribution in [2.75, 3.05) is 37.2 Å². The normalized spacial score (nSPS) is 11.5. The number of benzene rings is 2. The second-order valence-electron chi connectivity index (χ2n) is 7.72. The molecule has 0 unspecified atom stereocenters. The van der Waals surface area contributed by atoms with Crippen LogP contribution in [-0.4, -0.2) is 56.1 Å². The molecule has 2 heterocycles. The first-order chi connectivity index (χ1) is 15.1. The summed E-state index contributed by atoms with van der Waals surface area (Å²) in [5.41, 5.74) is 4.35. The molecule has 4 aromatic rings. The number of hydrogen-bond acceptors (Lipinski definition) is 6. The number of amides is 1. The lowest BCUT2D eigenvalue weighted by molar-refractivity contribution is 0.0988. The van der Waals surface area contributed by atoms with Crippen molar-refractivity contribution in [1.29, 1.82) is 0 Å². The molecule has 9 heteroatoms. The number of carbonyl (C=O) groups is 1. The van der Waals surface area contributed by atoms with Crippen LogP contribution >= 0.6 is 0 Å². The number of carbonyl (C=O) groups excluding carboxylic acids is 1. The van der Waals surface area contributed by atoms with E-state index < -0.39 is 9.84 Å². The van der Waals surface area contributed by atoms with Gasteiger partial charge in [0.25, 0.3) is 5.91 Å². The number of fused-ring (bicyclic) bond motifs is 1. The fourth-order valence-corrected chi connectivity index (χ4v) is 3.98. The Bertz CT molecular complexity index is 1390. The summed E-state index contributed by atoms with van der Waals surface area (Å²) in [4.78, 5) is 25.4. The Balaban J connectivity index is 1.66. The maximum Gasteiger partial charge on any atom is 0.278 e. The maximum absolute atomic E-state index is 13.1. The quantitative estimate of drug-likeness (QED) is 0.465. The van der Waals surface area contributed by atoms with Crippen molar-refractivity contribution < 1.29 is 13.2 Å². The Morgan fingerprint density at radius 3 is 2.09 bits per heavy atom. The Morgan fingerprint density at radius 1 is 0.875 bits per heavy atom. The minimum atomic E-state index is -3.30. The van der Waals surface area contributed by atoms with E-state index in [1.807, 2.05) is 47.7 Å². The molecule has 0 aliphatic rings. The molecule has 0 atom stereocenters. The first-order valence-corrected chi connectivity index (χ1v) is 11.7. The topological polar surface area (TPSA) is 87.9 Å². The highest BCUT2D eigenvalue weighted by atomic mass is 32.2. The van der Waals surface area contributed by atoms with E-state index in [1.165, 1.54) is 17.0 Å². The molecule has 0 radical (unpaired) electrons. The van der Waals surface area contributed by atoms with E-state index in [1.54, 1.807) is 37.8 Å². The minimum absolute atomic E-state index is 0.199. The van der Waals surface area contributed by atoms with Crippen LogP contribution < -0.4 is 9.80 Å². The van der Waals surface area contributed by atoms with Crippen LogP contribution in [0.2, 0.25) is 0 Å². The average molecular weight is 450 g/mol. The zero-order valence-electron chi connectivity index (χ0n) is 18.2. The standard InChI is InChI=1S/C23H23N5O3S/c1-26(2)17-7-5-16(6-8-17)21-13-25-22-14-24-20(15-28(21)22)23(29)27(3)18-9-11-19(12-10-18)32(4,30)31/h5-15H,1-4H3. The van der Waals surface area contributed by atoms with Gasteiger partial charge in [0.2, 0.25) is 0 Å². The number of aromatic nitrogens is 3. The van der Waals surface area contributed by atoms with E-state index in [2.05, 4.69) is 9.97 Å². The molecule has 4 rings (SSSR count). The summed E-state index contributed by atoms with van der Waals surface area (Å²) in [5, 5.41) is 0. The summed E-state index contributed by atoms with van der Waals surface area (Å²) in [6, 6.07) is 14.2. The van der Waals surface area contributed by atoms with E-state index in [-0.39, 0.29) is 16.5 Å². The monoisotopic (exact) mass is 449 g/mol. The maximum atomic E-state index is 13.1. The van der Waals surface area contributed by atoms with Gasteiger partial charge in [0.05, 0.1) is 23.0 Å². The fraction of sp³-hybridized carbons (Fsp3) is 0.174. The summed E-state index contributed by atoms with van der Waals surface area (Å²) in [5.74, 6) is -0.318. The first kappa shape index (κ1) is 21.5. The zero-order valence-corrected chi connectivity index (χ0v) is 19.0.